The molecule has 76 valence electrons. The predicted octanol–water partition coefficient (Wildman–Crippen LogP) is 1.76. The Bertz CT molecular complexity index is 337. The Balaban J connectivity index is 2.30. The van der Waals surface area contributed by atoms with Crippen LogP contribution < -0.4 is 5.73 Å². The summed E-state index contributed by atoms with van der Waals surface area (Å²) < 4.78 is 0. The molecule has 2 atom stereocenters. The fourth-order valence-corrected chi connectivity index (χ4v) is 2.22. The fourth-order valence-electron chi connectivity index (χ4n) is 2.22. The lowest BCUT2D eigenvalue weighted by Crippen LogP contribution is -2.35. The van der Waals surface area contributed by atoms with Gasteiger partial charge in [0.1, 0.15) is 5.82 Å². The van der Waals surface area contributed by atoms with E-state index in [4.69, 9.17) is 5.73 Å². The summed E-state index contributed by atoms with van der Waals surface area (Å²) in [6, 6.07) is 1.91. The van der Waals surface area contributed by atoms with Crippen LogP contribution in [-0.2, 0) is 5.54 Å². The molecule has 1 aromatic heterocycles. The van der Waals surface area contributed by atoms with Crippen molar-refractivity contribution in [2.75, 3.05) is 0 Å². The third-order valence-corrected chi connectivity index (χ3v) is 3.04. The highest BCUT2D eigenvalue weighted by Crippen LogP contribution is 2.38. The lowest BCUT2D eigenvalue weighted by molar-refractivity contribution is 0.413. The van der Waals surface area contributed by atoms with Crippen LogP contribution in [0.5, 0.6) is 0 Å². The van der Waals surface area contributed by atoms with Crippen molar-refractivity contribution in [3.63, 3.8) is 0 Å². The van der Waals surface area contributed by atoms with Crippen molar-refractivity contribution in [1.82, 2.24) is 9.97 Å². The SMILES string of the molecule is Cc1ccnc(C2(N)CCC(C)C2)n1. The summed E-state index contributed by atoms with van der Waals surface area (Å²) in [6.07, 6.45) is 5.01. The summed E-state index contributed by atoms with van der Waals surface area (Å²) in [4.78, 5) is 8.72. The summed E-state index contributed by atoms with van der Waals surface area (Å²) in [5.74, 6) is 1.52. The molecule has 3 heteroatoms. The number of hydrogen-bond donors (Lipinski definition) is 1. The van der Waals surface area contributed by atoms with Gasteiger partial charge in [-0.3, -0.25) is 0 Å². The van der Waals surface area contributed by atoms with Gasteiger partial charge in [-0.15, -0.1) is 0 Å². The minimum atomic E-state index is -0.272. The first-order chi connectivity index (χ1) is 6.60. The first kappa shape index (κ1) is 9.59. The number of nitrogens with zero attached hydrogens (tertiary/aromatic N) is 2. The first-order valence-corrected chi connectivity index (χ1v) is 5.19. The molecule has 0 aliphatic heterocycles. The monoisotopic (exact) mass is 191 g/mol. The van der Waals surface area contributed by atoms with Crippen LogP contribution >= 0.6 is 0 Å². The van der Waals surface area contributed by atoms with Crippen LogP contribution in [0.25, 0.3) is 0 Å². The highest BCUT2D eigenvalue weighted by atomic mass is 15.0. The molecule has 0 saturated heterocycles. The Labute approximate surface area is 84.8 Å². The smallest absolute Gasteiger partial charge is 0.148 e. The van der Waals surface area contributed by atoms with Crippen LogP contribution in [0.4, 0.5) is 0 Å². The van der Waals surface area contributed by atoms with Crippen LogP contribution in [-0.4, -0.2) is 9.97 Å². The van der Waals surface area contributed by atoms with Gasteiger partial charge >= 0.3 is 0 Å². The quantitative estimate of drug-likeness (QED) is 0.736. The van der Waals surface area contributed by atoms with Gasteiger partial charge in [0.15, 0.2) is 0 Å². The number of nitrogens with two attached hydrogens (primary N) is 1. The molecule has 14 heavy (non-hydrogen) atoms. The number of aromatic nitrogens is 2. The average Bonchev–Trinajstić information content (AvgIpc) is 2.48. The highest BCUT2D eigenvalue weighted by molar-refractivity contribution is 5.11. The van der Waals surface area contributed by atoms with Gasteiger partial charge in [-0.05, 0) is 38.2 Å². The molecule has 2 unspecified atom stereocenters. The van der Waals surface area contributed by atoms with Gasteiger partial charge < -0.3 is 5.73 Å². The Hall–Kier alpha value is -0.960. The first-order valence-electron chi connectivity index (χ1n) is 5.19. The van der Waals surface area contributed by atoms with Crippen LogP contribution in [0, 0.1) is 12.8 Å². The second kappa shape index (κ2) is 3.31. The van der Waals surface area contributed by atoms with Crippen molar-refractivity contribution < 1.29 is 0 Å². The van der Waals surface area contributed by atoms with Crippen LogP contribution in [0.3, 0.4) is 0 Å². The normalized spacial score (nSPS) is 32.1. The van der Waals surface area contributed by atoms with Crippen molar-refractivity contribution in [2.24, 2.45) is 11.7 Å². The third kappa shape index (κ3) is 1.64. The zero-order valence-corrected chi connectivity index (χ0v) is 8.83. The molecule has 0 amide bonds. The van der Waals surface area contributed by atoms with E-state index >= 15 is 0 Å². The highest BCUT2D eigenvalue weighted by Gasteiger charge is 2.37. The van der Waals surface area contributed by atoms with Gasteiger partial charge in [0.05, 0.1) is 5.54 Å². The number of aryl methyl sites for hydroxylation is 1. The Morgan fingerprint density at radius 1 is 1.57 bits per heavy atom. The molecule has 1 aliphatic rings. The summed E-state index contributed by atoms with van der Waals surface area (Å²) in [6.45, 7) is 4.22. The topological polar surface area (TPSA) is 51.8 Å². The molecule has 0 bridgehead atoms. The van der Waals surface area contributed by atoms with Crippen LogP contribution in [0.15, 0.2) is 12.3 Å². The average molecular weight is 191 g/mol. The van der Waals surface area contributed by atoms with Crippen molar-refractivity contribution in [3.8, 4) is 0 Å². The van der Waals surface area contributed by atoms with Crippen LogP contribution in [0.1, 0.15) is 37.7 Å². The van der Waals surface area contributed by atoms with E-state index in [1.807, 2.05) is 13.0 Å². The van der Waals surface area contributed by atoms with E-state index in [9.17, 15) is 0 Å². The Morgan fingerprint density at radius 3 is 2.93 bits per heavy atom. The minimum absolute atomic E-state index is 0.272. The minimum Gasteiger partial charge on any atom is -0.319 e. The molecule has 2 N–H and O–H groups in total. The standard InChI is InChI=1S/C11H17N3/c1-8-3-5-11(12,7-8)10-13-6-4-9(2)14-10/h4,6,8H,3,5,7,12H2,1-2H3. The van der Waals surface area contributed by atoms with E-state index in [0.717, 1.165) is 24.4 Å². The van der Waals surface area contributed by atoms with Gasteiger partial charge in [0, 0.05) is 11.9 Å². The zero-order valence-electron chi connectivity index (χ0n) is 8.83. The van der Waals surface area contributed by atoms with E-state index < -0.39 is 0 Å². The molecular weight excluding hydrogens is 174 g/mol. The second-order valence-electron chi connectivity index (χ2n) is 4.53. The maximum atomic E-state index is 6.31. The Kier molecular flexibility index (Phi) is 2.27. The molecule has 0 aromatic carbocycles. The molecule has 1 heterocycles. The van der Waals surface area contributed by atoms with Crippen molar-refractivity contribution >= 4 is 0 Å². The van der Waals surface area contributed by atoms with E-state index in [1.54, 1.807) is 6.20 Å². The number of hydrogen-bond acceptors (Lipinski definition) is 3. The van der Waals surface area contributed by atoms with E-state index in [2.05, 4.69) is 16.9 Å². The van der Waals surface area contributed by atoms with Crippen molar-refractivity contribution in [2.45, 2.75) is 38.6 Å². The van der Waals surface area contributed by atoms with Crippen molar-refractivity contribution in [1.29, 1.82) is 0 Å². The van der Waals surface area contributed by atoms with Gasteiger partial charge in [0.2, 0.25) is 0 Å². The molecule has 1 saturated carbocycles. The molecule has 3 nitrogen and oxygen atoms in total. The van der Waals surface area contributed by atoms with E-state index in [1.165, 1.54) is 6.42 Å². The molecule has 1 fully saturated rings. The second-order valence-corrected chi connectivity index (χ2v) is 4.53. The third-order valence-electron chi connectivity index (χ3n) is 3.04. The molecule has 0 radical (unpaired) electrons. The van der Waals surface area contributed by atoms with E-state index in [-0.39, 0.29) is 5.54 Å². The maximum absolute atomic E-state index is 6.31. The lowest BCUT2D eigenvalue weighted by atomic mass is 9.96. The Morgan fingerprint density at radius 2 is 2.36 bits per heavy atom. The van der Waals surface area contributed by atoms with Gasteiger partial charge in [0.25, 0.3) is 0 Å². The van der Waals surface area contributed by atoms with Gasteiger partial charge in [-0.2, -0.15) is 0 Å². The van der Waals surface area contributed by atoms with E-state index in [0.29, 0.717) is 5.92 Å². The fraction of sp³-hybridized carbons (Fsp3) is 0.636. The van der Waals surface area contributed by atoms with Gasteiger partial charge in [-0.1, -0.05) is 6.92 Å². The zero-order chi connectivity index (χ0) is 10.2. The molecule has 0 spiro atoms. The molecule has 1 aliphatic carbocycles. The van der Waals surface area contributed by atoms with Crippen LogP contribution in [0.2, 0.25) is 0 Å². The molecule has 2 rings (SSSR count). The summed E-state index contributed by atoms with van der Waals surface area (Å²) >= 11 is 0. The predicted molar refractivity (Wildman–Crippen MR) is 55.6 cm³/mol. The van der Waals surface area contributed by atoms with Crippen molar-refractivity contribution in [3.05, 3.63) is 23.8 Å². The largest absolute Gasteiger partial charge is 0.319 e. The maximum Gasteiger partial charge on any atom is 0.148 e. The van der Waals surface area contributed by atoms with Gasteiger partial charge in [-0.25, -0.2) is 9.97 Å². The summed E-state index contributed by atoms with van der Waals surface area (Å²) in [5.41, 5.74) is 7.04. The number of rotatable bonds is 1. The molecule has 1 aromatic rings. The molecular formula is C11H17N3. The lowest BCUT2D eigenvalue weighted by Gasteiger charge is -2.22. The summed E-state index contributed by atoms with van der Waals surface area (Å²) in [7, 11) is 0. The summed E-state index contributed by atoms with van der Waals surface area (Å²) in [5, 5.41) is 0.